The normalized spacial score (nSPS) is 18.8. The number of hydrogen-bond acceptors (Lipinski definition) is 7. The zero-order chi connectivity index (χ0) is 25.4. The van der Waals surface area contributed by atoms with Crippen LogP contribution in [0.3, 0.4) is 0 Å². The van der Waals surface area contributed by atoms with Gasteiger partial charge >= 0.3 is 6.09 Å². The van der Waals surface area contributed by atoms with Crippen molar-refractivity contribution in [2.24, 2.45) is 7.05 Å². The highest BCUT2D eigenvalue weighted by Crippen LogP contribution is 2.44. The monoisotopic (exact) mass is 491 g/mol. The molecule has 1 fully saturated rings. The van der Waals surface area contributed by atoms with Crippen LogP contribution < -0.4 is 0 Å². The first-order valence-corrected chi connectivity index (χ1v) is 14.0. The number of nitro benzene ring substituents is 1. The lowest BCUT2D eigenvalue weighted by Crippen LogP contribution is -2.44. The molecule has 186 valence electrons. The van der Waals surface area contributed by atoms with E-state index in [0.717, 1.165) is 0 Å². The molecule has 11 heteroatoms. The predicted molar refractivity (Wildman–Crippen MR) is 128 cm³/mol. The molecule has 2 aromatic rings. The van der Waals surface area contributed by atoms with Crippen LogP contribution in [0.25, 0.3) is 0 Å². The summed E-state index contributed by atoms with van der Waals surface area (Å²) in [5.41, 5.74) is 0.997. The Hall–Kier alpha value is -3.05. The molecule has 0 bridgehead atoms. The number of rotatable bonds is 6. The van der Waals surface area contributed by atoms with Crippen LogP contribution in [0.2, 0.25) is 18.1 Å². The van der Waals surface area contributed by atoms with Gasteiger partial charge in [-0.2, -0.15) is 0 Å². The van der Waals surface area contributed by atoms with Crippen molar-refractivity contribution in [3.8, 4) is 11.8 Å². The molecule has 2 atom stereocenters. The second kappa shape index (κ2) is 9.30. The molecule has 34 heavy (non-hydrogen) atoms. The molecule has 2 heterocycles. The van der Waals surface area contributed by atoms with Crippen molar-refractivity contribution in [2.75, 3.05) is 6.54 Å². The lowest BCUT2D eigenvalue weighted by Gasteiger charge is -2.38. The summed E-state index contributed by atoms with van der Waals surface area (Å²) in [4.78, 5) is 24.9. The highest BCUT2D eigenvalue weighted by atomic mass is 28.4. The van der Waals surface area contributed by atoms with Crippen LogP contribution in [0, 0.1) is 10.1 Å². The van der Waals surface area contributed by atoms with Crippen molar-refractivity contribution in [1.82, 2.24) is 9.47 Å². The Morgan fingerprint density at radius 3 is 2.35 bits per heavy atom. The molecule has 3 rings (SSSR count). The molecule has 2 N–H and O–H groups in total. The third kappa shape index (κ3) is 5.20. The van der Waals surface area contributed by atoms with Crippen molar-refractivity contribution in [3.05, 3.63) is 51.6 Å². The molecule has 1 aliphatic heterocycles. The molecule has 0 radical (unpaired) electrons. The van der Waals surface area contributed by atoms with E-state index < -0.39 is 25.4 Å². The number of carbonyl (C=O) groups excluding carboxylic acids is 1. The summed E-state index contributed by atoms with van der Waals surface area (Å²) in [5.74, 6) is -0.232. The molecule has 0 saturated carbocycles. The molecule has 1 saturated heterocycles. The molecular weight excluding hydrogens is 458 g/mol. The van der Waals surface area contributed by atoms with Gasteiger partial charge in [-0.15, -0.1) is 0 Å². The van der Waals surface area contributed by atoms with Gasteiger partial charge < -0.3 is 19.4 Å². The van der Waals surface area contributed by atoms with Gasteiger partial charge in [0.15, 0.2) is 20.1 Å². The first kappa shape index (κ1) is 25.6. The van der Waals surface area contributed by atoms with Crippen molar-refractivity contribution in [1.29, 1.82) is 0 Å². The van der Waals surface area contributed by atoms with Crippen LogP contribution in [-0.2, 0) is 22.8 Å². The Labute approximate surface area is 200 Å². The van der Waals surface area contributed by atoms with E-state index in [1.807, 2.05) is 0 Å². The van der Waals surface area contributed by atoms with E-state index in [1.165, 1.54) is 46.8 Å². The van der Waals surface area contributed by atoms with Crippen molar-refractivity contribution < 1.29 is 29.1 Å². The first-order chi connectivity index (χ1) is 15.7. The Balaban J connectivity index is 1.80. The number of benzene rings is 1. The number of aromatic hydroxyl groups is 2. The van der Waals surface area contributed by atoms with E-state index in [0.29, 0.717) is 17.5 Å². The fourth-order valence-electron chi connectivity index (χ4n) is 3.76. The fraction of sp³-hybridized carbons (Fsp3) is 0.522. The number of non-ortho nitro benzene ring substituents is 1. The number of hydrogen-bond donors (Lipinski definition) is 2. The summed E-state index contributed by atoms with van der Waals surface area (Å²) in [6.45, 7) is 10.9. The average molecular weight is 492 g/mol. The maximum absolute atomic E-state index is 13.1. The third-order valence-corrected chi connectivity index (χ3v) is 11.4. The summed E-state index contributed by atoms with van der Waals surface area (Å²) in [7, 11) is -0.589. The number of nitro groups is 1. The SMILES string of the molecule is Cn1c(O)cc([C@@H]2C[C@@H](O[Si](C)(C)C(C)(C)C)CN2C(=O)OCc2ccc([N+](=O)[O-])cc2)c1O. The second-order valence-corrected chi connectivity index (χ2v) is 15.0. The van der Waals surface area contributed by atoms with E-state index in [9.17, 15) is 25.1 Å². The average Bonchev–Trinajstić information content (AvgIpc) is 3.27. The van der Waals surface area contributed by atoms with Gasteiger partial charge in [0.1, 0.15) is 6.61 Å². The van der Waals surface area contributed by atoms with E-state index >= 15 is 0 Å². The predicted octanol–water partition coefficient (Wildman–Crippen LogP) is 4.82. The number of ether oxygens (including phenoxy) is 1. The van der Waals surface area contributed by atoms with Gasteiger partial charge in [0, 0.05) is 37.4 Å². The maximum Gasteiger partial charge on any atom is 0.410 e. The van der Waals surface area contributed by atoms with E-state index in [-0.39, 0.29) is 41.7 Å². The van der Waals surface area contributed by atoms with Crippen LogP contribution in [0.1, 0.15) is 44.4 Å². The molecule has 1 aliphatic rings. The summed E-state index contributed by atoms with van der Waals surface area (Å²) >= 11 is 0. The second-order valence-electron chi connectivity index (χ2n) is 10.2. The van der Waals surface area contributed by atoms with Crippen molar-refractivity contribution in [3.63, 3.8) is 0 Å². The van der Waals surface area contributed by atoms with Crippen LogP contribution in [0.5, 0.6) is 11.8 Å². The summed E-state index contributed by atoms with van der Waals surface area (Å²) in [5, 5.41) is 31.4. The number of aromatic nitrogens is 1. The minimum atomic E-state index is -2.12. The molecule has 1 amide bonds. The third-order valence-electron chi connectivity index (χ3n) is 6.84. The van der Waals surface area contributed by atoms with Crippen molar-refractivity contribution in [2.45, 2.75) is 64.1 Å². The van der Waals surface area contributed by atoms with Gasteiger partial charge in [-0.1, -0.05) is 20.8 Å². The fourth-order valence-corrected chi connectivity index (χ4v) is 5.12. The van der Waals surface area contributed by atoms with Crippen LogP contribution >= 0.6 is 0 Å². The minimum absolute atomic E-state index is 0.0144. The number of amides is 1. The number of nitrogens with zero attached hydrogens (tertiary/aromatic N) is 3. The summed E-state index contributed by atoms with van der Waals surface area (Å²) in [6, 6.07) is 6.71. The molecule has 1 aromatic heterocycles. The molecule has 0 spiro atoms. The van der Waals surface area contributed by atoms with Gasteiger partial charge in [0.05, 0.1) is 17.1 Å². The van der Waals surface area contributed by atoms with Crippen LogP contribution in [0.4, 0.5) is 10.5 Å². The molecule has 0 aliphatic carbocycles. The van der Waals surface area contributed by atoms with Gasteiger partial charge in [-0.25, -0.2) is 4.79 Å². The van der Waals surface area contributed by atoms with E-state index in [4.69, 9.17) is 9.16 Å². The topological polar surface area (TPSA) is 127 Å². The highest BCUT2D eigenvalue weighted by molar-refractivity contribution is 6.74. The van der Waals surface area contributed by atoms with Gasteiger partial charge in [-0.3, -0.25) is 19.6 Å². The lowest BCUT2D eigenvalue weighted by atomic mass is 10.1. The van der Waals surface area contributed by atoms with E-state index in [1.54, 1.807) is 0 Å². The maximum atomic E-state index is 13.1. The molecule has 0 unspecified atom stereocenters. The highest BCUT2D eigenvalue weighted by Gasteiger charge is 2.45. The Morgan fingerprint density at radius 1 is 1.24 bits per heavy atom. The van der Waals surface area contributed by atoms with Gasteiger partial charge in [0.2, 0.25) is 0 Å². The van der Waals surface area contributed by atoms with Gasteiger partial charge in [0.25, 0.3) is 5.69 Å². The largest absolute Gasteiger partial charge is 0.494 e. The minimum Gasteiger partial charge on any atom is -0.494 e. The van der Waals surface area contributed by atoms with Crippen LogP contribution in [-0.4, -0.2) is 51.7 Å². The first-order valence-electron chi connectivity index (χ1n) is 11.1. The van der Waals surface area contributed by atoms with Crippen LogP contribution in [0.15, 0.2) is 30.3 Å². The summed E-state index contributed by atoms with van der Waals surface area (Å²) in [6.07, 6.45) is -0.386. The Bertz CT molecular complexity index is 1060. The van der Waals surface area contributed by atoms with E-state index in [2.05, 4.69) is 33.9 Å². The van der Waals surface area contributed by atoms with Gasteiger partial charge in [-0.05, 0) is 42.2 Å². The lowest BCUT2D eigenvalue weighted by molar-refractivity contribution is -0.384. The Kier molecular flexibility index (Phi) is 6.99. The number of carbonyl (C=O) groups is 1. The zero-order valence-corrected chi connectivity index (χ0v) is 21.4. The standard InChI is InChI=1S/C23H33N3O7Si/c1-23(2,3)34(5,6)33-17-11-19(18-12-20(27)24(4)21(18)28)25(13-17)22(29)32-14-15-7-9-16(10-8-15)26(30)31/h7-10,12,17,19,27-28H,11,13-14H2,1-6H3/t17-,19+/m1/s1. The number of likely N-dealkylation sites (tertiary alicyclic amines) is 1. The smallest absolute Gasteiger partial charge is 0.410 e. The summed E-state index contributed by atoms with van der Waals surface area (Å²) < 4.78 is 13.3. The molecular formula is C23H33N3O7Si. The quantitative estimate of drug-likeness (QED) is 0.337. The zero-order valence-electron chi connectivity index (χ0n) is 20.4. The molecule has 10 nitrogen and oxygen atoms in total. The van der Waals surface area contributed by atoms with Crippen molar-refractivity contribution >= 4 is 20.1 Å². The Morgan fingerprint density at radius 2 is 1.85 bits per heavy atom. The molecule has 1 aromatic carbocycles.